The number of amides is 2. The van der Waals surface area contributed by atoms with E-state index >= 15 is 0 Å². The second-order valence-corrected chi connectivity index (χ2v) is 6.38. The average Bonchev–Trinajstić information content (AvgIpc) is 2.71. The fraction of sp³-hybridized carbons (Fsp3) is 0.0952. The van der Waals surface area contributed by atoms with E-state index in [2.05, 4.69) is 15.6 Å². The molecule has 1 aromatic heterocycles. The van der Waals surface area contributed by atoms with Gasteiger partial charge in [-0.1, -0.05) is 6.07 Å². The highest BCUT2D eigenvalue weighted by Crippen LogP contribution is 2.19. The molecule has 0 fully saturated rings. The Bertz CT molecular complexity index is 1030. The Hall–Kier alpha value is -3.81. The van der Waals surface area contributed by atoms with Gasteiger partial charge in [-0.2, -0.15) is 0 Å². The Labute approximate surface area is 166 Å². The van der Waals surface area contributed by atoms with Crippen molar-refractivity contribution >= 4 is 28.9 Å². The Kier molecular flexibility index (Phi) is 5.82. The van der Waals surface area contributed by atoms with Crippen LogP contribution in [0.25, 0.3) is 0 Å². The lowest BCUT2D eigenvalue weighted by Gasteiger charge is -2.13. The number of pyridine rings is 1. The first-order chi connectivity index (χ1) is 13.8. The number of anilines is 3. The van der Waals surface area contributed by atoms with Gasteiger partial charge in [-0.25, -0.2) is 8.78 Å². The van der Waals surface area contributed by atoms with Gasteiger partial charge in [0.25, 0.3) is 11.8 Å². The minimum Gasteiger partial charge on any atom is -0.378 e. The van der Waals surface area contributed by atoms with Crippen LogP contribution in [0.3, 0.4) is 0 Å². The summed E-state index contributed by atoms with van der Waals surface area (Å²) in [6, 6.07) is 13.0. The molecule has 2 aromatic carbocycles. The Morgan fingerprint density at radius 1 is 0.897 bits per heavy atom. The van der Waals surface area contributed by atoms with Crippen molar-refractivity contribution in [3.05, 3.63) is 83.7 Å². The molecule has 2 N–H and O–H groups in total. The van der Waals surface area contributed by atoms with Crippen LogP contribution in [0, 0.1) is 11.6 Å². The minimum atomic E-state index is -0.897. The lowest BCUT2D eigenvalue weighted by Crippen LogP contribution is -2.18. The highest BCUT2D eigenvalue weighted by atomic mass is 19.1. The molecule has 8 heteroatoms. The minimum absolute atomic E-state index is 0.0108. The van der Waals surface area contributed by atoms with Gasteiger partial charge >= 0.3 is 0 Å². The third-order valence-corrected chi connectivity index (χ3v) is 4.10. The van der Waals surface area contributed by atoms with Gasteiger partial charge in [0.2, 0.25) is 0 Å². The van der Waals surface area contributed by atoms with Gasteiger partial charge in [-0.3, -0.25) is 14.6 Å². The second-order valence-electron chi connectivity index (χ2n) is 6.38. The van der Waals surface area contributed by atoms with Crippen molar-refractivity contribution in [2.75, 3.05) is 29.6 Å². The first-order valence-electron chi connectivity index (χ1n) is 8.65. The van der Waals surface area contributed by atoms with Crippen LogP contribution in [0.15, 0.2) is 60.8 Å². The van der Waals surface area contributed by atoms with E-state index in [0.717, 1.165) is 17.8 Å². The number of rotatable bonds is 5. The van der Waals surface area contributed by atoms with Crippen molar-refractivity contribution in [3.63, 3.8) is 0 Å². The lowest BCUT2D eigenvalue weighted by molar-refractivity contribution is 0.102. The van der Waals surface area contributed by atoms with E-state index in [-0.39, 0.29) is 11.3 Å². The number of hydrogen-bond acceptors (Lipinski definition) is 4. The third-order valence-electron chi connectivity index (χ3n) is 4.10. The van der Waals surface area contributed by atoms with Crippen molar-refractivity contribution in [1.29, 1.82) is 0 Å². The van der Waals surface area contributed by atoms with Gasteiger partial charge in [0.1, 0.15) is 23.0 Å². The monoisotopic (exact) mass is 396 g/mol. The average molecular weight is 396 g/mol. The topological polar surface area (TPSA) is 74.3 Å². The highest BCUT2D eigenvalue weighted by Gasteiger charge is 2.16. The zero-order valence-electron chi connectivity index (χ0n) is 15.7. The molecule has 1 heterocycles. The zero-order chi connectivity index (χ0) is 21.0. The van der Waals surface area contributed by atoms with Gasteiger partial charge in [0.15, 0.2) is 0 Å². The quantitative estimate of drug-likeness (QED) is 0.685. The van der Waals surface area contributed by atoms with E-state index in [1.807, 2.05) is 31.1 Å². The van der Waals surface area contributed by atoms with E-state index in [4.69, 9.17) is 0 Å². The first kappa shape index (κ1) is 19.9. The van der Waals surface area contributed by atoms with Crippen LogP contribution in [-0.2, 0) is 0 Å². The van der Waals surface area contributed by atoms with E-state index in [0.29, 0.717) is 5.69 Å². The maximum absolute atomic E-state index is 13.7. The number of carbonyl (C=O) groups is 2. The van der Waals surface area contributed by atoms with Crippen molar-refractivity contribution in [3.8, 4) is 0 Å². The molecule has 0 aliphatic rings. The summed E-state index contributed by atoms with van der Waals surface area (Å²) in [6.45, 7) is 0. The molecule has 148 valence electrons. The summed E-state index contributed by atoms with van der Waals surface area (Å²) < 4.78 is 27.4. The zero-order valence-corrected chi connectivity index (χ0v) is 15.7. The number of carbonyl (C=O) groups excluding carboxylic acids is 2. The summed E-state index contributed by atoms with van der Waals surface area (Å²) in [5, 5.41) is 4.86. The van der Waals surface area contributed by atoms with Gasteiger partial charge in [0, 0.05) is 37.2 Å². The number of aromatic nitrogens is 1. The van der Waals surface area contributed by atoms with Crippen LogP contribution in [0.2, 0.25) is 0 Å². The van der Waals surface area contributed by atoms with Gasteiger partial charge in [-0.05, 0) is 48.5 Å². The van der Waals surface area contributed by atoms with Crippen LogP contribution >= 0.6 is 0 Å². The number of hydrogen-bond donors (Lipinski definition) is 2. The molecule has 0 unspecified atom stereocenters. The number of nitrogens with one attached hydrogen (secondary N) is 2. The van der Waals surface area contributed by atoms with Crippen molar-refractivity contribution in [2.45, 2.75) is 0 Å². The largest absolute Gasteiger partial charge is 0.378 e. The molecule has 0 bridgehead atoms. The molecule has 0 spiro atoms. The highest BCUT2D eigenvalue weighted by molar-refractivity contribution is 6.07. The van der Waals surface area contributed by atoms with E-state index < -0.39 is 29.1 Å². The Morgan fingerprint density at radius 2 is 1.55 bits per heavy atom. The maximum atomic E-state index is 13.7. The Balaban J connectivity index is 1.74. The predicted octanol–water partition coefficient (Wildman–Crippen LogP) is 3.93. The van der Waals surface area contributed by atoms with Crippen LogP contribution in [0.4, 0.5) is 25.8 Å². The van der Waals surface area contributed by atoms with Gasteiger partial charge in [-0.15, -0.1) is 0 Å². The molecule has 3 aromatic rings. The molecule has 0 aliphatic carbocycles. The van der Waals surface area contributed by atoms with Gasteiger partial charge in [0.05, 0.1) is 0 Å². The molecule has 2 amide bonds. The normalized spacial score (nSPS) is 10.3. The smallest absolute Gasteiger partial charge is 0.274 e. The maximum Gasteiger partial charge on any atom is 0.274 e. The molecule has 0 atom stereocenters. The molecule has 3 rings (SSSR count). The predicted molar refractivity (Wildman–Crippen MR) is 107 cm³/mol. The summed E-state index contributed by atoms with van der Waals surface area (Å²) in [4.78, 5) is 30.7. The summed E-state index contributed by atoms with van der Waals surface area (Å²) >= 11 is 0. The summed E-state index contributed by atoms with van der Waals surface area (Å²) in [5.41, 5.74) is 1.01. The van der Waals surface area contributed by atoms with E-state index in [1.165, 1.54) is 24.4 Å². The van der Waals surface area contributed by atoms with Crippen LogP contribution in [0.5, 0.6) is 0 Å². The number of halogens is 2. The molecule has 0 aliphatic heterocycles. The van der Waals surface area contributed by atoms with Crippen LogP contribution in [0.1, 0.15) is 20.8 Å². The SMILES string of the molecule is CN(C)c1ccc(NC(=O)c2cc(C(=O)Nc3c(F)cccc3F)ccn2)cc1. The second kappa shape index (κ2) is 8.47. The van der Waals surface area contributed by atoms with E-state index in [1.54, 1.807) is 12.1 Å². The molecule has 0 saturated carbocycles. The molecule has 0 radical (unpaired) electrons. The first-order valence-corrected chi connectivity index (χ1v) is 8.65. The fourth-order valence-electron chi connectivity index (χ4n) is 2.54. The summed E-state index contributed by atoms with van der Waals surface area (Å²) in [7, 11) is 3.81. The van der Waals surface area contributed by atoms with Gasteiger partial charge < -0.3 is 15.5 Å². The molecule has 29 heavy (non-hydrogen) atoms. The number of benzene rings is 2. The van der Waals surface area contributed by atoms with E-state index in [9.17, 15) is 18.4 Å². The molecule has 6 nitrogen and oxygen atoms in total. The molecule has 0 saturated heterocycles. The van der Waals surface area contributed by atoms with Crippen molar-refractivity contribution in [1.82, 2.24) is 4.98 Å². The van der Waals surface area contributed by atoms with Crippen LogP contribution < -0.4 is 15.5 Å². The molecular formula is C21H18F2N4O2. The summed E-state index contributed by atoms with van der Waals surface area (Å²) in [5.74, 6) is -3.08. The number of para-hydroxylation sites is 1. The van der Waals surface area contributed by atoms with Crippen molar-refractivity contribution < 1.29 is 18.4 Å². The number of nitrogens with zero attached hydrogens (tertiary/aromatic N) is 2. The summed E-state index contributed by atoms with van der Waals surface area (Å²) in [6.07, 6.45) is 1.27. The fourth-order valence-corrected chi connectivity index (χ4v) is 2.54. The standard InChI is InChI=1S/C21H18F2N4O2/c1-27(2)15-8-6-14(7-9-15)25-21(29)18-12-13(10-11-24-18)20(28)26-19-16(22)4-3-5-17(19)23/h3-12H,1-2H3,(H,25,29)(H,26,28). The lowest BCUT2D eigenvalue weighted by atomic mass is 10.2. The Morgan fingerprint density at radius 3 is 2.17 bits per heavy atom. The molecular weight excluding hydrogens is 378 g/mol. The third kappa shape index (κ3) is 4.73. The van der Waals surface area contributed by atoms with Crippen molar-refractivity contribution in [2.24, 2.45) is 0 Å². The van der Waals surface area contributed by atoms with Crippen LogP contribution in [-0.4, -0.2) is 30.9 Å².